The van der Waals surface area contributed by atoms with Crippen LogP contribution in [0.3, 0.4) is 0 Å². The molecule has 2 rings (SSSR count). The van der Waals surface area contributed by atoms with Gasteiger partial charge in [-0.25, -0.2) is 0 Å². The summed E-state index contributed by atoms with van der Waals surface area (Å²) in [6.45, 7) is 10.1. The molecule has 0 bridgehead atoms. The van der Waals surface area contributed by atoms with E-state index >= 15 is 0 Å². The minimum absolute atomic E-state index is 0.0389. The maximum atomic E-state index is 12.3. The minimum atomic E-state index is -0.789. The molecule has 0 aromatic rings. The molecule has 29 heavy (non-hydrogen) atoms. The van der Waals surface area contributed by atoms with Crippen molar-refractivity contribution in [1.29, 1.82) is 0 Å². The summed E-state index contributed by atoms with van der Waals surface area (Å²) in [6, 6.07) is 0. The number of aliphatic hydroxyl groups excluding tert-OH is 1. The third kappa shape index (κ3) is 8.73. The van der Waals surface area contributed by atoms with Gasteiger partial charge in [-0.15, -0.1) is 0 Å². The number of aliphatic hydroxyl groups is 1. The number of carboxylic acids is 1. The summed E-state index contributed by atoms with van der Waals surface area (Å²) in [5.41, 5.74) is 1.01. The highest BCUT2D eigenvalue weighted by Crippen LogP contribution is 2.38. The summed E-state index contributed by atoms with van der Waals surface area (Å²) in [5, 5.41) is 17.2. The quantitative estimate of drug-likeness (QED) is 0.534. The normalized spacial score (nSPS) is 24.5. The van der Waals surface area contributed by atoms with Crippen molar-refractivity contribution in [1.82, 2.24) is 0 Å². The Morgan fingerprint density at radius 3 is 2.59 bits per heavy atom. The van der Waals surface area contributed by atoms with Crippen LogP contribution in [0.2, 0.25) is 0 Å². The van der Waals surface area contributed by atoms with E-state index in [0.717, 1.165) is 25.7 Å². The summed E-state index contributed by atoms with van der Waals surface area (Å²) in [6.07, 6.45) is 12.6. The summed E-state index contributed by atoms with van der Waals surface area (Å²) in [5.74, 6) is 0.0839. The Morgan fingerprint density at radius 1 is 1.31 bits per heavy atom. The lowest BCUT2D eigenvalue weighted by molar-refractivity contribution is -0.163. The molecule has 0 saturated heterocycles. The molecule has 0 heterocycles. The highest BCUT2D eigenvalue weighted by atomic mass is 16.5. The predicted octanol–water partition coefficient (Wildman–Crippen LogP) is 5.28. The zero-order valence-electron chi connectivity index (χ0n) is 18.8. The number of carboxylic acid groups (broad SMARTS) is 1. The highest BCUT2D eigenvalue weighted by Gasteiger charge is 2.36. The van der Waals surface area contributed by atoms with Gasteiger partial charge in [0.05, 0.1) is 11.5 Å². The molecule has 0 radical (unpaired) electrons. The van der Waals surface area contributed by atoms with Gasteiger partial charge in [0.15, 0.2) is 0 Å². The number of fused-ring (bicyclic) bond motifs is 1. The first-order chi connectivity index (χ1) is 13.6. The zero-order chi connectivity index (χ0) is 22.0. The molecule has 0 saturated carbocycles. The van der Waals surface area contributed by atoms with Crippen molar-refractivity contribution < 1.29 is 24.5 Å². The minimum Gasteiger partial charge on any atom is -0.481 e. The van der Waals surface area contributed by atoms with E-state index in [2.05, 4.69) is 25.2 Å². The van der Waals surface area contributed by atoms with Crippen molar-refractivity contribution in [2.45, 2.75) is 98.2 Å². The van der Waals surface area contributed by atoms with E-state index in [1.807, 2.05) is 27.7 Å². The van der Waals surface area contributed by atoms with Gasteiger partial charge >= 0.3 is 11.9 Å². The third-order valence-corrected chi connectivity index (χ3v) is 6.01. The van der Waals surface area contributed by atoms with Crippen LogP contribution in [0.15, 0.2) is 23.8 Å². The first-order valence-corrected chi connectivity index (χ1v) is 11.1. The smallest absolute Gasteiger partial charge is 0.311 e. The van der Waals surface area contributed by atoms with Crippen LogP contribution in [0.4, 0.5) is 0 Å². The molecule has 5 nitrogen and oxygen atoms in total. The summed E-state index contributed by atoms with van der Waals surface area (Å²) in [4.78, 5) is 22.3. The van der Waals surface area contributed by atoms with Crippen LogP contribution < -0.4 is 0 Å². The Bertz CT molecular complexity index is 590. The molecule has 0 amide bonds. The summed E-state index contributed by atoms with van der Waals surface area (Å²) < 4.78 is 5.87. The van der Waals surface area contributed by atoms with Crippen LogP contribution in [0.1, 0.15) is 86.0 Å². The second-order valence-electron chi connectivity index (χ2n) is 9.00. The van der Waals surface area contributed by atoms with Crippen molar-refractivity contribution in [2.75, 3.05) is 0 Å². The van der Waals surface area contributed by atoms with E-state index < -0.39 is 5.97 Å². The number of hydrogen-bond acceptors (Lipinski definition) is 4. The van der Waals surface area contributed by atoms with Gasteiger partial charge in [0, 0.05) is 12.3 Å². The third-order valence-electron chi connectivity index (χ3n) is 6.01. The molecule has 5 heteroatoms. The maximum Gasteiger partial charge on any atom is 0.311 e. The number of rotatable bonds is 8. The van der Waals surface area contributed by atoms with Gasteiger partial charge in [0.25, 0.3) is 0 Å². The van der Waals surface area contributed by atoms with E-state index in [9.17, 15) is 9.59 Å². The molecule has 4 unspecified atom stereocenters. The SMILES string of the molecule is CCC(C)(C)C(=O)OC1CC(C)C=C2C=CCCC21.CCC(O)CCCC(=O)O. The van der Waals surface area contributed by atoms with Crippen molar-refractivity contribution in [2.24, 2.45) is 17.3 Å². The summed E-state index contributed by atoms with van der Waals surface area (Å²) in [7, 11) is 0. The van der Waals surface area contributed by atoms with Crippen LogP contribution in [0, 0.1) is 17.3 Å². The van der Waals surface area contributed by atoms with E-state index in [-0.39, 0.29) is 30.0 Å². The molecule has 0 aromatic carbocycles. The van der Waals surface area contributed by atoms with Crippen molar-refractivity contribution in [3.05, 3.63) is 23.8 Å². The van der Waals surface area contributed by atoms with Crippen LogP contribution in [-0.2, 0) is 14.3 Å². The Kier molecular flexibility index (Phi) is 10.7. The molecule has 2 aliphatic rings. The number of allylic oxidation sites excluding steroid dienone is 3. The van der Waals surface area contributed by atoms with Crippen molar-refractivity contribution in [3.63, 3.8) is 0 Å². The molecule has 2 N–H and O–H groups in total. The standard InChI is InChI=1S/C17H26O2.C7H14O3/c1-5-17(3,4)16(18)19-15-11-12(2)10-13-8-6-7-9-14(13)15;1-2-6(8)4-3-5-7(9)10/h6,8,10,12,14-15H,5,7,9,11H2,1-4H3;6,8H,2-5H2,1H3,(H,9,10). The predicted molar refractivity (Wildman–Crippen MR) is 115 cm³/mol. The molecule has 166 valence electrons. The Hall–Kier alpha value is -1.62. The number of carbonyl (C=O) groups excluding carboxylic acids is 1. The van der Waals surface area contributed by atoms with Crippen molar-refractivity contribution >= 4 is 11.9 Å². The molecule has 4 atom stereocenters. The van der Waals surface area contributed by atoms with Crippen LogP contribution in [0.25, 0.3) is 0 Å². The highest BCUT2D eigenvalue weighted by molar-refractivity contribution is 5.76. The van der Waals surface area contributed by atoms with E-state index in [4.69, 9.17) is 14.9 Å². The van der Waals surface area contributed by atoms with E-state index in [1.165, 1.54) is 5.57 Å². The lowest BCUT2D eigenvalue weighted by atomic mass is 9.76. The first-order valence-electron chi connectivity index (χ1n) is 11.1. The topological polar surface area (TPSA) is 83.8 Å². The van der Waals surface area contributed by atoms with Gasteiger partial charge < -0.3 is 14.9 Å². The number of hydrogen-bond donors (Lipinski definition) is 2. The molecule has 0 fully saturated rings. The van der Waals surface area contributed by atoms with Gasteiger partial charge in [-0.05, 0) is 70.3 Å². The van der Waals surface area contributed by atoms with Crippen molar-refractivity contribution in [3.8, 4) is 0 Å². The lowest BCUT2D eigenvalue weighted by Gasteiger charge is -2.37. The Labute approximate surface area is 176 Å². The summed E-state index contributed by atoms with van der Waals surface area (Å²) >= 11 is 0. The molecule has 0 aromatic heterocycles. The van der Waals surface area contributed by atoms with Gasteiger partial charge in [-0.3, -0.25) is 9.59 Å². The number of ether oxygens (including phenoxy) is 1. The van der Waals surface area contributed by atoms with E-state index in [0.29, 0.717) is 31.1 Å². The number of esters is 1. The van der Waals surface area contributed by atoms with Gasteiger partial charge in [0.2, 0.25) is 0 Å². The molecule has 2 aliphatic carbocycles. The largest absolute Gasteiger partial charge is 0.481 e. The zero-order valence-corrected chi connectivity index (χ0v) is 18.8. The first kappa shape index (κ1) is 25.4. The molecular formula is C24H40O5. The Morgan fingerprint density at radius 2 is 2.00 bits per heavy atom. The molecular weight excluding hydrogens is 368 g/mol. The van der Waals surface area contributed by atoms with Gasteiger partial charge in [-0.2, -0.15) is 0 Å². The maximum absolute atomic E-state index is 12.3. The average Bonchev–Trinajstić information content (AvgIpc) is 2.67. The fourth-order valence-corrected chi connectivity index (χ4v) is 3.56. The average molecular weight is 409 g/mol. The van der Waals surface area contributed by atoms with Gasteiger partial charge in [-0.1, -0.05) is 39.0 Å². The van der Waals surface area contributed by atoms with Crippen LogP contribution in [-0.4, -0.2) is 34.4 Å². The fourth-order valence-electron chi connectivity index (χ4n) is 3.56. The number of aliphatic carboxylic acids is 1. The second-order valence-corrected chi connectivity index (χ2v) is 9.00. The second kappa shape index (κ2) is 12.2. The van der Waals surface area contributed by atoms with E-state index in [1.54, 1.807) is 0 Å². The molecule has 0 spiro atoms. The number of carbonyl (C=O) groups is 2. The van der Waals surface area contributed by atoms with Crippen LogP contribution in [0.5, 0.6) is 0 Å². The lowest BCUT2D eigenvalue weighted by Crippen LogP contribution is -2.37. The van der Waals surface area contributed by atoms with Gasteiger partial charge in [0.1, 0.15) is 6.10 Å². The molecule has 0 aliphatic heterocycles. The van der Waals surface area contributed by atoms with Crippen LogP contribution >= 0.6 is 0 Å². The monoisotopic (exact) mass is 408 g/mol. The Balaban J connectivity index is 0.000000359. The fraction of sp³-hybridized carbons (Fsp3) is 0.750.